The Labute approximate surface area is 131 Å². The van der Waals surface area contributed by atoms with Crippen molar-refractivity contribution < 1.29 is 51.6 Å². The second-order valence-corrected chi connectivity index (χ2v) is 4.27. The Kier molecular flexibility index (Phi) is 13.2. The minimum Gasteiger partial charge on any atom is -1.00 e. The average molecular weight is 307 g/mol. The summed E-state index contributed by atoms with van der Waals surface area (Å²) in [6, 6.07) is 14.7. The van der Waals surface area contributed by atoms with Gasteiger partial charge in [-0.15, -0.1) is 35.3 Å². The normalized spacial score (nSPS) is 8.94. The van der Waals surface area contributed by atoms with Crippen molar-refractivity contribution in [1.82, 2.24) is 0 Å². The van der Waals surface area contributed by atoms with Crippen LogP contribution in [0.5, 0.6) is 0 Å². The number of benzene rings is 1. The van der Waals surface area contributed by atoms with Crippen LogP contribution in [0.1, 0.15) is 20.8 Å². The summed E-state index contributed by atoms with van der Waals surface area (Å²) in [5, 5.41) is 12.8. The Morgan fingerprint density at radius 3 is 1.94 bits per heavy atom. The van der Waals surface area contributed by atoms with Gasteiger partial charge in [-0.25, -0.2) is 0 Å². The molecule has 0 saturated carbocycles. The maximum Gasteiger partial charge on any atom is 4.00 e. The van der Waals surface area contributed by atoms with E-state index in [-0.39, 0.29) is 46.5 Å². The first kappa shape index (κ1) is 22.3. The van der Waals surface area contributed by atoms with Crippen LogP contribution in [0.3, 0.4) is 0 Å². The molecule has 2 rings (SSSR count). The number of hydrogen-bond acceptors (Lipinski definition) is 1. The molecule has 0 aliphatic carbocycles. The third kappa shape index (κ3) is 10.9. The maximum atomic E-state index is 10.1. The zero-order chi connectivity index (χ0) is 10.6. The number of hydrogen-bond donors (Lipinski definition) is 0. The summed E-state index contributed by atoms with van der Waals surface area (Å²) < 4.78 is 0. The van der Waals surface area contributed by atoms with Crippen LogP contribution in [0.2, 0.25) is 0 Å². The van der Waals surface area contributed by atoms with Crippen molar-refractivity contribution >= 4 is 10.8 Å². The zero-order valence-corrected chi connectivity index (χ0v) is 13.3. The van der Waals surface area contributed by atoms with E-state index in [1.54, 1.807) is 20.8 Å². The van der Waals surface area contributed by atoms with Crippen molar-refractivity contribution in [3.05, 3.63) is 42.5 Å². The van der Waals surface area contributed by atoms with Gasteiger partial charge >= 0.3 is 21.7 Å². The van der Waals surface area contributed by atoms with Crippen LogP contribution in [-0.2, 0) is 21.7 Å². The summed E-state index contributed by atoms with van der Waals surface area (Å²) >= 11 is 0. The second-order valence-electron chi connectivity index (χ2n) is 4.27. The van der Waals surface area contributed by atoms with Gasteiger partial charge in [-0.1, -0.05) is 26.8 Å². The molecule has 0 aliphatic heterocycles. The van der Waals surface area contributed by atoms with E-state index >= 15 is 0 Å². The van der Waals surface area contributed by atoms with E-state index in [9.17, 15) is 5.11 Å². The molecule has 2 aromatic rings. The molecular formula is C13H16Cl2OTi. The molecule has 0 saturated heterocycles. The van der Waals surface area contributed by atoms with Crippen molar-refractivity contribution in [2.24, 2.45) is 0 Å². The summed E-state index contributed by atoms with van der Waals surface area (Å²) in [7, 11) is 0. The first-order chi connectivity index (χ1) is 6.47. The average Bonchev–Trinajstić information content (AvgIpc) is 2.47. The molecule has 0 atom stereocenters. The van der Waals surface area contributed by atoms with E-state index in [2.05, 4.69) is 42.5 Å². The third-order valence-corrected chi connectivity index (χ3v) is 1.55. The van der Waals surface area contributed by atoms with Gasteiger partial charge in [-0.3, -0.25) is 0 Å². The quantitative estimate of drug-likeness (QED) is 0.370. The van der Waals surface area contributed by atoms with E-state index in [0.29, 0.717) is 0 Å². The summed E-state index contributed by atoms with van der Waals surface area (Å²) in [5.41, 5.74) is -0.750. The van der Waals surface area contributed by atoms with Gasteiger partial charge < -0.3 is 29.9 Å². The van der Waals surface area contributed by atoms with Crippen LogP contribution in [0.4, 0.5) is 0 Å². The molecule has 0 unspecified atom stereocenters. The topological polar surface area (TPSA) is 23.1 Å². The van der Waals surface area contributed by atoms with Gasteiger partial charge in [0.05, 0.1) is 0 Å². The largest absolute Gasteiger partial charge is 4.00 e. The standard InChI is InChI=1S/C9H7.C4H9O.2ClH.Ti/c1-2-5-9-7-3-6-8(9)4-1;1-4(2,3)5;;;/h1-7H;1-3H3;2*1H;/q2*-1;;;+4/p-2. The molecule has 1 nitrogen and oxygen atoms in total. The molecule has 0 fully saturated rings. The van der Waals surface area contributed by atoms with Gasteiger partial charge in [0.25, 0.3) is 0 Å². The summed E-state index contributed by atoms with van der Waals surface area (Å²) in [5.74, 6) is 0. The van der Waals surface area contributed by atoms with Crippen molar-refractivity contribution in [3.8, 4) is 0 Å². The van der Waals surface area contributed by atoms with E-state index in [4.69, 9.17) is 0 Å². The fourth-order valence-corrected chi connectivity index (χ4v) is 1.07. The molecule has 92 valence electrons. The Hall–Kier alpha value is 0.0843. The third-order valence-electron chi connectivity index (χ3n) is 1.55. The van der Waals surface area contributed by atoms with Crippen molar-refractivity contribution in [2.45, 2.75) is 26.4 Å². The van der Waals surface area contributed by atoms with Gasteiger partial charge in [0, 0.05) is 0 Å². The SMILES string of the molecule is CC(C)(C)[O-].[Cl-].[Cl-].[Ti+4].c1ccc2[cH-]ccc2c1. The fraction of sp³-hybridized carbons (Fsp3) is 0.308. The van der Waals surface area contributed by atoms with E-state index in [1.807, 2.05) is 0 Å². The molecule has 17 heavy (non-hydrogen) atoms. The molecule has 0 bridgehead atoms. The second kappa shape index (κ2) is 10.0. The minimum atomic E-state index is -0.750. The molecule has 0 amide bonds. The Balaban J connectivity index is -0.000000222. The van der Waals surface area contributed by atoms with Gasteiger partial charge in [0.1, 0.15) is 0 Å². The molecule has 0 heterocycles. The van der Waals surface area contributed by atoms with Gasteiger partial charge in [0.2, 0.25) is 0 Å². The zero-order valence-electron chi connectivity index (χ0n) is 10.2. The molecule has 4 heteroatoms. The van der Waals surface area contributed by atoms with Crippen molar-refractivity contribution in [2.75, 3.05) is 0 Å². The minimum absolute atomic E-state index is 0. The van der Waals surface area contributed by atoms with E-state index in [1.165, 1.54) is 10.8 Å². The van der Waals surface area contributed by atoms with Gasteiger partial charge in [-0.05, 0) is 0 Å². The molecule has 2 aromatic carbocycles. The number of rotatable bonds is 0. The molecule has 0 N–H and O–H groups in total. The smallest absolute Gasteiger partial charge is 1.00 e. The van der Waals surface area contributed by atoms with E-state index < -0.39 is 5.60 Å². The molecule has 0 radical (unpaired) electrons. The van der Waals surface area contributed by atoms with Crippen LogP contribution < -0.4 is 29.9 Å². The predicted molar refractivity (Wildman–Crippen MR) is 59.3 cm³/mol. The van der Waals surface area contributed by atoms with Crippen LogP contribution in [0.15, 0.2) is 42.5 Å². The first-order valence-corrected chi connectivity index (χ1v) is 4.78. The maximum absolute atomic E-state index is 10.1. The predicted octanol–water partition coefficient (Wildman–Crippen LogP) is -3.29. The molecular weight excluding hydrogens is 291 g/mol. The number of halogens is 2. The van der Waals surface area contributed by atoms with Gasteiger partial charge in [0.15, 0.2) is 0 Å². The summed E-state index contributed by atoms with van der Waals surface area (Å²) in [4.78, 5) is 0. The van der Waals surface area contributed by atoms with Crippen LogP contribution in [0, 0.1) is 0 Å². The summed E-state index contributed by atoms with van der Waals surface area (Å²) in [6.07, 6.45) is 0. The fourth-order valence-electron chi connectivity index (χ4n) is 1.07. The van der Waals surface area contributed by atoms with E-state index in [0.717, 1.165) is 0 Å². The van der Waals surface area contributed by atoms with Crippen molar-refractivity contribution in [3.63, 3.8) is 0 Å². The van der Waals surface area contributed by atoms with Gasteiger partial charge in [-0.2, -0.15) is 17.5 Å². The van der Waals surface area contributed by atoms with Crippen LogP contribution in [0.25, 0.3) is 10.8 Å². The van der Waals surface area contributed by atoms with Crippen LogP contribution in [-0.4, -0.2) is 5.60 Å². The Morgan fingerprint density at radius 1 is 1.00 bits per heavy atom. The summed E-state index contributed by atoms with van der Waals surface area (Å²) in [6.45, 7) is 4.90. The first-order valence-electron chi connectivity index (χ1n) is 4.78. The monoisotopic (exact) mass is 306 g/mol. The number of fused-ring (bicyclic) bond motifs is 1. The Bertz CT molecular complexity index is 357. The molecule has 0 aromatic heterocycles. The molecule has 0 aliphatic rings. The van der Waals surface area contributed by atoms with Crippen LogP contribution >= 0.6 is 0 Å². The Morgan fingerprint density at radius 2 is 1.47 bits per heavy atom. The van der Waals surface area contributed by atoms with Crippen molar-refractivity contribution in [1.29, 1.82) is 0 Å². The molecule has 0 spiro atoms.